The Kier molecular flexibility index (Phi) is 6.99. The first-order chi connectivity index (χ1) is 14.0. The highest BCUT2D eigenvalue weighted by Crippen LogP contribution is 2.21. The molecule has 154 valence electrons. The maximum absolute atomic E-state index is 13.1. The number of carbonyl (C=O) groups excluding carboxylic acids is 2. The lowest BCUT2D eigenvalue weighted by molar-refractivity contribution is -0.139. The van der Waals surface area contributed by atoms with E-state index in [4.69, 9.17) is 4.74 Å². The van der Waals surface area contributed by atoms with Crippen LogP contribution < -0.4 is 0 Å². The topological polar surface area (TPSA) is 62.7 Å². The van der Waals surface area contributed by atoms with Crippen molar-refractivity contribution in [1.82, 2.24) is 14.8 Å². The standard InChI is InChI=1S/C23H29N3O3/c1-17(2)20-9-5-4-8-18(20)14-22(27)26-12-13-29-16-19(26)15-25(3)23(28)21-10-6-7-11-24-21/h4-11,17,19H,12-16H2,1-3H3. The molecule has 2 heterocycles. The predicted molar refractivity (Wildman–Crippen MR) is 112 cm³/mol. The molecule has 0 radical (unpaired) electrons. The van der Waals surface area contributed by atoms with E-state index in [1.807, 2.05) is 23.1 Å². The fourth-order valence-corrected chi connectivity index (χ4v) is 3.74. The summed E-state index contributed by atoms with van der Waals surface area (Å²) in [7, 11) is 1.74. The van der Waals surface area contributed by atoms with E-state index in [1.165, 1.54) is 5.56 Å². The second-order valence-corrected chi connectivity index (χ2v) is 7.75. The van der Waals surface area contributed by atoms with Crippen LogP contribution in [0.3, 0.4) is 0 Å². The number of likely N-dealkylation sites (N-methyl/N-ethyl adjacent to an activating group) is 1. The number of hydrogen-bond donors (Lipinski definition) is 0. The third kappa shape index (κ3) is 5.21. The van der Waals surface area contributed by atoms with Crippen molar-refractivity contribution >= 4 is 11.8 Å². The third-order valence-corrected chi connectivity index (χ3v) is 5.28. The van der Waals surface area contributed by atoms with E-state index in [0.717, 1.165) is 5.56 Å². The fraction of sp³-hybridized carbons (Fsp3) is 0.435. The van der Waals surface area contributed by atoms with Crippen molar-refractivity contribution in [2.75, 3.05) is 33.4 Å². The van der Waals surface area contributed by atoms with Crippen LogP contribution in [0.15, 0.2) is 48.7 Å². The molecule has 29 heavy (non-hydrogen) atoms. The molecular formula is C23H29N3O3. The number of ether oxygens (including phenoxy) is 1. The van der Waals surface area contributed by atoms with Gasteiger partial charge in [-0.25, -0.2) is 0 Å². The normalized spacial score (nSPS) is 16.7. The van der Waals surface area contributed by atoms with Gasteiger partial charge in [-0.3, -0.25) is 14.6 Å². The van der Waals surface area contributed by atoms with Gasteiger partial charge in [0.25, 0.3) is 5.91 Å². The van der Waals surface area contributed by atoms with E-state index in [-0.39, 0.29) is 17.9 Å². The minimum Gasteiger partial charge on any atom is -0.377 e. The molecule has 1 aliphatic rings. The van der Waals surface area contributed by atoms with Crippen molar-refractivity contribution in [3.63, 3.8) is 0 Å². The maximum Gasteiger partial charge on any atom is 0.272 e. The smallest absolute Gasteiger partial charge is 0.272 e. The van der Waals surface area contributed by atoms with Gasteiger partial charge in [-0.1, -0.05) is 44.2 Å². The van der Waals surface area contributed by atoms with Crippen LogP contribution in [0.5, 0.6) is 0 Å². The lowest BCUT2D eigenvalue weighted by Crippen LogP contribution is -2.54. The molecule has 1 saturated heterocycles. The quantitative estimate of drug-likeness (QED) is 0.755. The molecule has 6 nitrogen and oxygen atoms in total. The van der Waals surface area contributed by atoms with Crippen LogP contribution in [0.25, 0.3) is 0 Å². The van der Waals surface area contributed by atoms with Crippen LogP contribution in [0, 0.1) is 0 Å². The first-order valence-corrected chi connectivity index (χ1v) is 10.1. The van der Waals surface area contributed by atoms with E-state index in [2.05, 4.69) is 24.9 Å². The molecule has 6 heteroatoms. The highest BCUT2D eigenvalue weighted by molar-refractivity contribution is 5.92. The highest BCUT2D eigenvalue weighted by Gasteiger charge is 2.30. The Morgan fingerprint density at radius 2 is 1.97 bits per heavy atom. The highest BCUT2D eigenvalue weighted by atomic mass is 16.5. The number of morpholine rings is 1. The van der Waals surface area contributed by atoms with Gasteiger partial charge in [0.15, 0.2) is 0 Å². The van der Waals surface area contributed by atoms with Gasteiger partial charge in [0.2, 0.25) is 5.91 Å². The van der Waals surface area contributed by atoms with Crippen molar-refractivity contribution in [3.05, 3.63) is 65.5 Å². The lowest BCUT2D eigenvalue weighted by Gasteiger charge is -2.37. The molecule has 2 aromatic rings. The van der Waals surface area contributed by atoms with Crippen molar-refractivity contribution in [2.24, 2.45) is 0 Å². The molecule has 0 saturated carbocycles. The van der Waals surface area contributed by atoms with E-state index in [9.17, 15) is 9.59 Å². The van der Waals surface area contributed by atoms with Gasteiger partial charge in [-0.2, -0.15) is 0 Å². The third-order valence-electron chi connectivity index (χ3n) is 5.28. The Morgan fingerprint density at radius 1 is 1.21 bits per heavy atom. The van der Waals surface area contributed by atoms with Gasteiger partial charge >= 0.3 is 0 Å². The molecule has 2 amide bonds. The van der Waals surface area contributed by atoms with Crippen molar-refractivity contribution in [1.29, 1.82) is 0 Å². The second-order valence-electron chi connectivity index (χ2n) is 7.75. The molecule has 1 aromatic carbocycles. The molecule has 3 rings (SSSR count). The van der Waals surface area contributed by atoms with Crippen molar-refractivity contribution in [3.8, 4) is 0 Å². The first-order valence-electron chi connectivity index (χ1n) is 10.1. The van der Waals surface area contributed by atoms with Crippen LogP contribution in [-0.4, -0.2) is 66.0 Å². The number of nitrogens with zero attached hydrogens (tertiary/aromatic N) is 3. The fourth-order valence-electron chi connectivity index (χ4n) is 3.74. The summed E-state index contributed by atoms with van der Waals surface area (Å²) in [5, 5.41) is 0. The van der Waals surface area contributed by atoms with Gasteiger partial charge < -0.3 is 14.5 Å². The maximum atomic E-state index is 13.1. The summed E-state index contributed by atoms with van der Waals surface area (Å²) >= 11 is 0. The zero-order valence-electron chi connectivity index (χ0n) is 17.4. The number of rotatable bonds is 6. The number of amides is 2. The Hall–Kier alpha value is -2.73. The Balaban J connectivity index is 1.69. The molecule has 0 aliphatic carbocycles. The van der Waals surface area contributed by atoms with Crippen molar-refractivity contribution in [2.45, 2.75) is 32.2 Å². The van der Waals surface area contributed by atoms with E-state index in [1.54, 1.807) is 36.3 Å². The van der Waals surface area contributed by atoms with Gasteiger partial charge in [0.1, 0.15) is 5.69 Å². The van der Waals surface area contributed by atoms with Crippen LogP contribution in [-0.2, 0) is 16.0 Å². The van der Waals surface area contributed by atoms with Gasteiger partial charge in [-0.05, 0) is 29.2 Å². The summed E-state index contributed by atoms with van der Waals surface area (Å²) in [5.74, 6) is 0.278. The molecule has 1 fully saturated rings. The summed E-state index contributed by atoms with van der Waals surface area (Å²) in [4.78, 5) is 33.4. The number of carbonyl (C=O) groups is 2. The minimum atomic E-state index is -0.167. The second kappa shape index (κ2) is 9.65. The number of benzene rings is 1. The number of aromatic nitrogens is 1. The average molecular weight is 396 g/mol. The molecule has 1 unspecified atom stereocenters. The molecule has 1 aromatic heterocycles. The van der Waals surface area contributed by atoms with Crippen LogP contribution in [0.4, 0.5) is 0 Å². The number of hydrogen-bond acceptors (Lipinski definition) is 4. The summed E-state index contributed by atoms with van der Waals surface area (Å²) in [6.07, 6.45) is 1.97. The largest absolute Gasteiger partial charge is 0.377 e. The summed E-state index contributed by atoms with van der Waals surface area (Å²) in [6.45, 7) is 6.17. The zero-order valence-corrected chi connectivity index (χ0v) is 17.4. The molecule has 1 aliphatic heterocycles. The molecule has 0 spiro atoms. The Bertz CT molecular complexity index is 838. The SMILES string of the molecule is CC(C)c1ccccc1CC(=O)N1CCOCC1CN(C)C(=O)c1ccccn1. The molecule has 1 atom stereocenters. The van der Waals surface area contributed by atoms with E-state index >= 15 is 0 Å². The van der Waals surface area contributed by atoms with Gasteiger partial charge in [0, 0.05) is 26.3 Å². The van der Waals surface area contributed by atoms with Crippen LogP contribution in [0.2, 0.25) is 0 Å². The molecular weight excluding hydrogens is 366 g/mol. The molecule has 0 N–H and O–H groups in total. The minimum absolute atomic E-state index is 0.0742. The van der Waals surface area contributed by atoms with Gasteiger partial charge in [0.05, 0.1) is 25.7 Å². The first kappa shape index (κ1) is 21.0. The molecule has 0 bridgehead atoms. The summed E-state index contributed by atoms with van der Waals surface area (Å²) in [6, 6.07) is 13.2. The van der Waals surface area contributed by atoms with Crippen molar-refractivity contribution < 1.29 is 14.3 Å². The van der Waals surface area contributed by atoms with Crippen LogP contribution in [0.1, 0.15) is 41.4 Å². The summed E-state index contributed by atoms with van der Waals surface area (Å²) in [5.41, 5.74) is 2.67. The van der Waals surface area contributed by atoms with E-state index in [0.29, 0.717) is 44.3 Å². The Labute approximate surface area is 172 Å². The average Bonchev–Trinajstić information content (AvgIpc) is 2.74. The Morgan fingerprint density at radius 3 is 2.69 bits per heavy atom. The predicted octanol–water partition coefficient (Wildman–Crippen LogP) is 2.75. The zero-order chi connectivity index (χ0) is 20.8. The van der Waals surface area contributed by atoms with Crippen LogP contribution >= 0.6 is 0 Å². The van der Waals surface area contributed by atoms with E-state index < -0.39 is 0 Å². The monoisotopic (exact) mass is 395 g/mol. The lowest BCUT2D eigenvalue weighted by atomic mass is 9.95. The number of pyridine rings is 1. The summed E-state index contributed by atoms with van der Waals surface area (Å²) < 4.78 is 5.61. The van der Waals surface area contributed by atoms with Gasteiger partial charge in [-0.15, -0.1) is 0 Å².